The van der Waals surface area contributed by atoms with E-state index in [1.54, 1.807) is 11.0 Å². The Morgan fingerprint density at radius 2 is 2.22 bits per heavy atom. The number of rotatable bonds is 2. The maximum absolute atomic E-state index is 12.5. The number of anilines is 1. The van der Waals surface area contributed by atoms with Crippen LogP contribution >= 0.6 is 11.6 Å². The summed E-state index contributed by atoms with van der Waals surface area (Å²) in [4.78, 5) is 16.3. The Morgan fingerprint density at radius 1 is 1.50 bits per heavy atom. The van der Waals surface area contributed by atoms with Crippen LogP contribution in [0.25, 0.3) is 0 Å². The van der Waals surface area contributed by atoms with E-state index in [0.29, 0.717) is 11.6 Å². The van der Waals surface area contributed by atoms with Crippen LogP contribution in [0.5, 0.6) is 0 Å². The lowest BCUT2D eigenvalue weighted by atomic mass is 10.1. The van der Waals surface area contributed by atoms with Gasteiger partial charge in [-0.1, -0.05) is 17.7 Å². The Morgan fingerprint density at radius 3 is 2.83 bits per heavy atom. The zero-order chi connectivity index (χ0) is 13.3. The second kappa shape index (κ2) is 5.26. The first-order chi connectivity index (χ1) is 8.54. The van der Waals surface area contributed by atoms with E-state index >= 15 is 0 Å². The number of amides is 1. The summed E-state index contributed by atoms with van der Waals surface area (Å²) in [6.07, 6.45) is 0. The number of piperazine rings is 1. The molecule has 1 aromatic rings. The van der Waals surface area contributed by atoms with E-state index in [1.807, 2.05) is 37.1 Å². The molecule has 1 aromatic carbocycles. The van der Waals surface area contributed by atoms with Gasteiger partial charge in [0.1, 0.15) is 6.04 Å². The molecular weight excluding hydrogens is 250 g/mol. The normalized spacial score (nSPS) is 25.6. The predicted molar refractivity (Wildman–Crippen MR) is 73.9 cm³/mol. The highest BCUT2D eigenvalue weighted by molar-refractivity contribution is 6.30. The molecule has 0 bridgehead atoms. The maximum atomic E-state index is 12.5. The molecule has 5 heteroatoms. The lowest BCUT2D eigenvalue weighted by Gasteiger charge is -2.42. The third kappa shape index (κ3) is 2.36. The summed E-state index contributed by atoms with van der Waals surface area (Å²) in [5.74, 6) is 0.0426. The van der Waals surface area contributed by atoms with Crippen molar-refractivity contribution in [1.82, 2.24) is 4.90 Å². The lowest BCUT2D eigenvalue weighted by molar-refractivity contribution is -0.125. The minimum Gasteiger partial charge on any atom is -0.328 e. The van der Waals surface area contributed by atoms with Gasteiger partial charge >= 0.3 is 0 Å². The van der Waals surface area contributed by atoms with Gasteiger partial charge in [-0.25, -0.2) is 0 Å². The minimum absolute atomic E-state index is 0.0426. The molecule has 0 aliphatic carbocycles. The summed E-state index contributed by atoms with van der Waals surface area (Å²) in [5.41, 5.74) is 6.52. The summed E-state index contributed by atoms with van der Waals surface area (Å²) >= 11 is 5.99. The van der Waals surface area contributed by atoms with Crippen molar-refractivity contribution in [3.63, 3.8) is 0 Å². The van der Waals surface area contributed by atoms with Crippen LogP contribution < -0.4 is 10.6 Å². The van der Waals surface area contributed by atoms with Crippen molar-refractivity contribution in [1.29, 1.82) is 0 Å². The number of carbonyl (C=O) groups is 1. The molecule has 0 saturated carbocycles. The molecule has 0 radical (unpaired) electrons. The van der Waals surface area contributed by atoms with Crippen molar-refractivity contribution >= 4 is 23.2 Å². The second-order valence-electron chi connectivity index (χ2n) is 4.73. The Hall–Kier alpha value is -1.10. The zero-order valence-corrected chi connectivity index (χ0v) is 11.4. The molecule has 98 valence electrons. The summed E-state index contributed by atoms with van der Waals surface area (Å²) < 4.78 is 0. The first-order valence-electron chi connectivity index (χ1n) is 6.03. The van der Waals surface area contributed by atoms with Crippen molar-refractivity contribution in [3.8, 4) is 0 Å². The van der Waals surface area contributed by atoms with Gasteiger partial charge in [-0.2, -0.15) is 0 Å². The van der Waals surface area contributed by atoms with Crippen LogP contribution in [0.4, 0.5) is 5.69 Å². The van der Waals surface area contributed by atoms with E-state index in [4.69, 9.17) is 17.3 Å². The number of nitrogens with zero attached hydrogens (tertiary/aromatic N) is 2. The van der Waals surface area contributed by atoms with Crippen molar-refractivity contribution in [3.05, 3.63) is 29.3 Å². The van der Waals surface area contributed by atoms with E-state index in [2.05, 4.69) is 0 Å². The van der Waals surface area contributed by atoms with Crippen molar-refractivity contribution < 1.29 is 4.79 Å². The Balaban J connectivity index is 2.34. The molecule has 0 spiro atoms. The molecule has 1 heterocycles. The molecule has 1 saturated heterocycles. The number of carbonyl (C=O) groups excluding carboxylic acids is 1. The van der Waals surface area contributed by atoms with Crippen LogP contribution in [0.1, 0.15) is 6.92 Å². The lowest BCUT2D eigenvalue weighted by Crippen LogP contribution is -2.62. The van der Waals surface area contributed by atoms with Gasteiger partial charge in [0, 0.05) is 29.8 Å². The number of nitrogens with two attached hydrogens (primary N) is 1. The van der Waals surface area contributed by atoms with Crippen LogP contribution in [0.15, 0.2) is 24.3 Å². The topological polar surface area (TPSA) is 49.6 Å². The van der Waals surface area contributed by atoms with Crippen molar-refractivity contribution in [2.75, 3.05) is 25.0 Å². The summed E-state index contributed by atoms with van der Waals surface area (Å²) in [6.45, 7) is 3.17. The van der Waals surface area contributed by atoms with E-state index in [1.165, 1.54) is 0 Å². The highest BCUT2D eigenvalue weighted by Gasteiger charge is 2.36. The quantitative estimate of drug-likeness (QED) is 0.880. The average Bonchev–Trinajstić information content (AvgIpc) is 2.28. The van der Waals surface area contributed by atoms with E-state index < -0.39 is 0 Å². The third-order valence-corrected chi connectivity index (χ3v) is 3.59. The van der Waals surface area contributed by atoms with Crippen LogP contribution in [0.2, 0.25) is 5.02 Å². The standard InChI is InChI=1S/C13H18ClN3O/c1-9-8-16(2)12(7-15)13(18)17(9)11-5-3-4-10(14)6-11/h3-6,9,12H,7-8,15H2,1-2H3. The predicted octanol–water partition coefficient (Wildman–Crippen LogP) is 1.33. The van der Waals surface area contributed by atoms with Gasteiger partial charge in [0.2, 0.25) is 5.91 Å². The van der Waals surface area contributed by atoms with Gasteiger partial charge in [0.15, 0.2) is 0 Å². The molecule has 2 unspecified atom stereocenters. The Bertz CT molecular complexity index is 452. The highest BCUT2D eigenvalue weighted by Crippen LogP contribution is 2.25. The van der Waals surface area contributed by atoms with Crippen LogP contribution in [-0.4, -0.2) is 43.0 Å². The van der Waals surface area contributed by atoms with Gasteiger partial charge in [-0.05, 0) is 32.2 Å². The van der Waals surface area contributed by atoms with Gasteiger partial charge in [-0.3, -0.25) is 9.69 Å². The molecule has 2 N–H and O–H groups in total. The molecule has 2 rings (SSSR count). The van der Waals surface area contributed by atoms with Gasteiger partial charge in [0.05, 0.1) is 0 Å². The van der Waals surface area contributed by atoms with Crippen molar-refractivity contribution in [2.45, 2.75) is 19.0 Å². The summed E-state index contributed by atoms with van der Waals surface area (Å²) in [7, 11) is 1.93. The highest BCUT2D eigenvalue weighted by atomic mass is 35.5. The number of benzene rings is 1. The van der Waals surface area contributed by atoms with E-state index in [9.17, 15) is 4.79 Å². The van der Waals surface area contributed by atoms with Gasteiger partial charge in [-0.15, -0.1) is 0 Å². The van der Waals surface area contributed by atoms with Crippen molar-refractivity contribution in [2.24, 2.45) is 5.73 Å². The average molecular weight is 268 g/mol. The van der Waals surface area contributed by atoms with Gasteiger partial charge in [0.25, 0.3) is 0 Å². The maximum Gasteiger partial charge on any atom is 0.245 e. The fourth-order valence-electron chi connectivity index (χ4n) is 2.48. The first kappa shape index (κ1) is 13.3. The fraction of sp³-hybridized carbons (Fsp3) is 0.462. The third-order valence-electron chi connectivity index (χ3n) is 3.36. The Kier molecular flexibility index (Phi) is 3.90. The van der Waals surface area contributed by atoms with E-state index in [0.717, 1.165) is 12.2 Å². The molecule has 4 nitrogen and oxygen atoms in total. The molecule has 18 heavy (non-hydrogen) atoms. The molecule has 1 aliphatic rings. The number of hydrogen-bond donors (Lipinski definition) is 1. The fourth-order valence-corrected chi connectivity index (χ4v) is 2.66. The van der Waals surface area contributed by atoms with E-state index in [-0.39, 0.29) is 18.0 Å². The van der Waals surface area contributed by atoms with Crippen LogP contribution in [-0.2, 0) is 4.79 Å². The second-order valence-corrected chi connectivity index (χ2v) is 5.16. The smallest absolute Gasteiger partial charge is 0.245 e. The molecular formula is C13H18ClN3O. The van der Waals surface area contributed by atoms with Crippen LogP contribution in [0.3, 0.4) is 0 Å². The largest absolute Gasteiger partial charge is 0.328 e. The summed E-state index contributed by atoms with van der Waals surface area (Å²) in [6, 6.07) is 7.24. The monoisotopic (exact) mass is 267 g/mol. The zero-order valence-electron chi connectivity index (χ0n) is 10.6. The number of halogens is 1. The van der Waals surface area contributed by atoms with Crippen LogP contribution in [0, 0.1) is 0 Å². The summed E-state index contributed by atoms with van der Waals surface area (Å²) in [5, 5.41) is 0.635. The molecule has 1 aliphatic heterocycles. The Labute approximate surface area is 112 Å². The van der Waals surface area contributed by atoms with Gasteiger partial charge < -0.3 is 10.6 Å². The molecule has 2 atom stereocenters. The molecule has 0 aromatic heterocycles. The molecule has 1 fully saturated rings. The first-order valence-corrected chi connectivity index (χ1v) is 6.41. The molecule has 1 amide bonds. The number of hydrogen-bond acceptors (Lipinski definition) is 3. The number of likely N-dealkylation sites (N-methyl/N-ethyl adjacent to an activating group) is 1. The SMILES string of the molecule is CC1CN(C)C(CN)C(=O)N1c1cccc(Cl)c1. The minimum atomic E-state index is -0.250.